The number of carbonyl (C=O) groups is 2. The summed E-state index contributed by atoms with van der Waals surface area (Å²) >= 11 is 0. The Bertz CT molecular complexity index is 687. The molecule has 4 N–H and O–H groups in total. The third-order valence-electron chi connectivity index (χ3n) is 5.39. The first-order valence-electron chi connectivity index (χ1n) is 9.21. The van der Waals surface area contributed by atoms with Crippen LogP contribution in [-0.4, -0.2) is 52.3 Å². The summed E-state index contributed by atoms with van der Waals surface area (Å²) in [6.45, 7) is 2.04. The number of benzene rings is 1. The highest BCUT2D eigenvalue weighted by atomic mass is 16.3. The molecule has 3 amide bonds. The minimum atomic E-state index is -1.22. The van der Waals surface area contributed by atoms with Crippen LogP contribution in [0.5, 0.6) is 0 Å². The summed E-state index contributed by atoms with van der Waals surface area (Å²) in [6.07, 6.45) is 4.42. The Morgan fingerprint density at radius 3 is 2.65 bits per heavy atom. The number of nitrogens with zero attached hydrogens (tertiary/aromatic N) is 1. The van der Waals surface area contributed by atoms with Gasteiger partial charge in [-0.25, -0.2) is 4.79 Å². The van der Waals surface area contributed by atoms with Gasteiger partial charge in [0.1, 0.15) is 5.60 Å². The van der Waals surface area contributed by atoms with Gasteiger partial charge in [0.15, 0.2) is 0 Å². The number of carbonyl (C=O) groups excluding carboxylic acids is 2. The number of aliphatic hydroxyl groups is 2. The number of likely N-dealkylation sites (tertiary alicyclic amines) is 1. The molecule has 1 heterocycles. The number of β-amino-alcohol motifs (C(OH)–C–C–N with tert-alkyl or cyclic N) is 1. The van der Waals surface area contributed by atoms with E-state index in [-0.39, 0.29) is 31.0 Å². The average Bonchev–Trinajstić information content (AvgIpc) is 3.28. The third kappa shape index (κ3) is 4.16. The number of hydrogen-bond donors (Lipinski definition) is 4. The fourth-order valence-electron chi connectivity index (χ4n) is 3.62. The lowest BCUT2D eigenvalue weighted by molar-refractivity contribution is -0.119. The molecule has 26 heavy (non-hydrogen) atoms. The fraction of sp³-hybridized carbons (Fsp3) is 0.579. The van der Waals surface area contributed by atoms with Crippen molar-refractivity contribution in [1.29, 1.82) is 0 Å². The SMILES string of the molecule is Cc1ccc(NC(=O)N2CC[C@](O)(CO)C2)cc1NC(=O)C1CCCC1. The van der Waals surface area contributed by atoms with Gasteiger partial charge in [0.05, 0.1) is 13.2 Å². The van der Waals surface area contributed by atoms with Gasteiger partial charge < -0.3 is 25.7 Å². The van der Waals surface area contributed by atoms with Gasteiger partial charge in [-0.2, -0.15) is 0 Å². The van der Waals surface area contributed by atoms with Crippen LogP contribution in [0.25, 0.3) is 0 Å². The Morgan fingerprint density at radius 2 is 2.00 bits per heavy atom. The molecule has 0 spiro atoms. The zero-order chi connectivity index (χ0) is 18.7. The molecule has 7 heteroatoms. The number of hydrogen-bond acceptors (Lipinski definition) is 4. The maximum atomic E-state index is 12.4. The molecule has 0 aromatic heterocycles. The van der Waals surface area contributed by atoms with Gasteiger partial charge in [0, 0.05) is 23.8 Å². The molecular weight excluding hydrogens is 334 g/mol. The van der Waals surface area contributed by atoms with Crippen LogP contribution < -0.4 is 10.6 Å². The molecule has 3 rings (SSSR count). The highest BCUT2D eigenvalue weighted by Gasteiger charge is 2.37. The second-order valence-electron chi connectivity index (χ2n) is 7.48. The largest absolute Gasteiger partial charge is 0.393 e. The van der Waals surface area contributed by atoms with Crippen molar-refractivity contribution in [3.05, 3.63) is 23.8 Å². The molecule has 1 saturated heterocycles. The van der Waals surface area contributed by atoms with E-state index in [1.165, 1.54) is 4.90 Å². The number of urea groups is 1. The maximum Gasteiger partial charge on any atom is 0.321 e. The van der Waals surface area contributed by atoms with Crippen molar-refractivity contribution in [2.45, 2.75) is 44.6 Å². The molecule has 7 nitrogen and oxygen atoms in total. The fourth-order valence-corrected chi connectivity index (χ4v) is 3.62. The van der Waals surface area contributed by atoms with Crippen LogP contribution in [0.2, 0.25) is 0 Å². The van der Waals surface area contributed by atoms with Crippen LogP contribution in [0.15, 0.2) is 18.2 Å². The van der Waals surface area contributed by atoms with Gasteiger partial charge in [0.2, 0.25) is 5.91 Å². The summed E-state index contributed by atoms with van der Waals surface area (Å²) in [5, 5.41) is 25.0. The van der Waals surface area contributed by atoms with Crippen molar-refractivity contribution >= 4 is 23.3 Å². The molecule has 1 aliphatic heterocycles. The van der Waals surface area contributed by atoms with Crippen LogP contribution in [0.4, 0.5) is 16.2 Å². The number of nitrogens with one attached hydrogen (secondary N) is 2. The van der Waals surface area contributed by atoms with Gasteiger partial charge in [-0.3, -0.25) is 4.79 Å². The summed E-state index contributed by atoms with van der Waals surface area (Å²) in [4.78, 5) is 26.2. The summed E-state index contributed by atoms with van der Waals surface area (Å²) < 4.78 is 0. The van der Waals surface area contributed by atoms with Crippen molar-refractivity contribution in [3.63, 3.8) is 0 Å². The lowest BCUT2D eigenvalue weighted by Crippen LogP contribution is -2.40. The third-order valence-corrected chi connectivity index (χ3v) is 5.39. The number of amides is 3. The van der Waals surface area contributed by atoms with E-state index in [0.29, 0.717) is 24.3 Å². The van der Waals surface area contributed by atoms with E-state index in [9.17, 15) is 19.8 Å². The van der Waals surface area contributed by atoms with E-state index in [1.54, 1.807) is 12.1 Å². The Kier molecular flexibility index (Phi) is 5.48. The summed E-state index contributed by atoms with van der Waals surface area (Å²) in [7, 11) is 0. The molecule has 1 saturated carbocycles. The molecular formula is C19H27N3O4. The quantitative estimate of drug-likeness (QED) is 0.659. The molecule has 142 valence electrons. The topological polar surface area (TPSA) is 102 Å². The van der Waals surface area contributed by atoms with Crippen LogP contribution >= 0.6 is 0 Å². The lowest BCUT2D eigenvalue weighted by Gasteiger charge is -2.21. The van der Waals surface area contributed by atoms with Crippen LogP contribution in [0.1, 0.15) is 37.7 Å². The van der Waals surface area contributed by atoms with Crippen LogP contribution in [-0.2, 0) is 4.79 Å². The second kappa shape index (κ2) is 7.63. The molecule has 2 fully saturated rings. The van der Waals surface area contributed by atoms with Crippen molar-refractivity contribution in [3.8, 4) is 0 Å². The van der Waals surface area contributed by atoms with E-state index >= 15 is 0 Å². The highest BCUT2D eigenvalue weighted by molar-refractivity contribution is 5.95. The Balaban J connectivity index is 1.63. The Morgan fingerprint density at radius 1 is 1.27 bits per heavy atom. The van der Waals surface area contributed by atoms with Gasteiger partial charge in [0.25, 0.3) is 0 Å². The van der Waals surface area contributed by atoms with E-state index in [0.717, 1.165) is 31.2 Å². The number of aliphatic hydroxyl groups excluding tert-OH is 1. The molecule has 0 radical (unpaired) electrons. The first-order chi connectivity index (χ1) is 12.4. The molecule has 1 aliphatic carbocycles. The minimum Gasteiger partial charge on any atom is -0.393 e. The van der Waals surface area contributed by atoms with Gasteiger partial charge in [-0.1, -0.05) is 18.9 Å². The smallest absolute Gasteiger partial charge is 0.321 e. The van der Waals surface area contributed by atoms with Crippen LogP contribution in [0, 0.1) is 12.8 Å². The number of rotatable bonds is 4. The monoisotopic (exact) mass is 361 g/mol. The first-order valence-corrected chi connectivity index (χ1v) is 9.21. The Hall–Kier alpha value is -2.12. The first kappa shape index (κ1) is 18.7. The second-order valence-corrected chi connectivity index (χ2v) is 7.48. The molecule has 1 aromatic rings. The van der Waals surface area contributed by atoms with E-state index in [4.69, 9.17) is 0 Å². The van der Waals surface area contributed by atoms with Gasteiger partial charge in [-0.15, -0.1) is 0 Å². The minimum absolute atomic E-state index is 0.0432. The van der Waals surface area contributed by atoms with Crippen molar-refractivity contribution in [2.24, 2.45) is 5.92 Å². The lowest BCUT2D eigenvalue weighted by atomic mass is 10.1. The number of anilines is 2. The Labute approximate surface area is 153 Å². The standard InChI is InChI=1S/C19H27N3O4/c1-13-6-7-15(10-16(13)21-17(24)14-4-2-3-5-14)20-18(25)22-9-8-19(26,11-22)12-23/h6-7,10,14,23,26H,2-5,8-9,11-12H2,1H3,(H,20,25)(H,21,24)/t19-/m1/s1. The molecule has 0 unspecified atom stereocenters. The van der Waals surface area contributed by atoms with E-state index < -0.39 is 5.60 Å². The predicted molar refractivity (Wildman–Crippen MR) is 99.0 cm³/mol. The molecule has 0 bridgehead atoms. The van der Waals surface area contributed by atoms with Gasteiger partial charge >= 0.3 is 6.03 Å². The zero-order valence-corrected chi connectivity index (χ0v) is 15.1. The van der Waals surface area contributed by atoms with Crippen molar-refractivity contribution in [1.82, 2.24) is 4.90 Å². The highest BCUT2D eigenvalue weighted by Crippen LogP contribution is 2.28. The molecule has 1 aromatic carbocycles. The predicted octanol–water partition coefficient (Wildman–Crippen LogP) is 2.08. The van der Waals surface area contributed by atoms with Crippen LogP contribution in [0.3, 0.4) is 0 Å². The van der Waals surface area contributed by atoms with Crippen molar-refractivity contribution < 1.29 is 19.8 Å². The maximum absolute atomic E-state index is 12.4. The van der Waals surface area contributed by atoms with E-state index in [1.807, 2.05) is 13.0 Å². The summed E-state index contributed by atoms with van der Waals surface area (Å²) in [5.74, 6) is 0.120. The van der Waals surface area contributed by atoms with Crippen molar-refractivity contribution in [2.75, 3.05) is 30.3 Å². The zero-order valence-electron chi connectivity index (χ0n) is 15.1. The van der Waals surface area contributed by atoms with E-state index in [2.05, 4.69) is 10.6 Å². The number of aryl methyl sites for hydroxylation is 1. The summed E-state index contributed by atoms with van der Waals surface area (Å²) in [6, 6.07) is 5.07. The average molecular weight is 361 g/mol. The van der Waals surface area contributed by atoms with Gasteiger partial charge in [-0.05, 0) is 43.9 Å². The normalized spacial score (nSPS) is 23.3. The molecule has 2 aliphatic rings. The summed E-state index contributed by atoms with van der Waals surface area (Å²) in [5.41, 5.74) is 1.00. The molecule has 1 atom stereocenters.